The fraction of sp³-hybridized carbons (Fsp3) is 0.474. The number of anilines is 1. The first-order valence-corrected chi connectivity index (χ1v) is 11.1. The van der Waals surface area contributed by atoms with E-state index >= 15 is 0 Å². The van der Waals surface area contributed by atoms with Crippen LogP contribution in [0.15, 0.2) is 24.4 Å². The molecule has 9 heteroatoms. The Kier molecular flexibility index (Phi) is 5.93. The Morgan fingerprint density at radius 1 is 1.39 bits per heavy atom. The summed E-state index contributed by atoms with van der Waals surface area (Å²) in [5.41, 5.74) is 3.21. The van der Waals surface area contributed by atoms with Crippen molar-refractivity contribution in [2.24, 2.45) is 0 Å². The number of nitrogens with zero attached hydrogens (tertiary/aromatic N) is 2. The van der Waals surface area contributed by atoms with E-state index in [0.29, 0.717) is 24.5 Å². The lowest BCUT2D eigenvalue weighted by Crippen LogP contribution is -2.41. The smallest absolute Gasteiger partial charge is 0.260 e. The highest BCUT2D eigenvalue weighted by Crippen LogP contribution is 2.30. The van der Waals surface area contributed by atoms with Crippen molar-refractivity contribution >= 4 is 21.6 Å². The van der Waals surface area contributed by atoms with Gasteiger partial charge in [0.15, 0.2) is 6.61 Å². The van der Waals surface area contributed by atoms with Gasteiger partial charge in [0.25, 0.3) is 5.91 Å². The quantitative estimate of drug-likeness (QED) is 0.765. The maximum Gasteiger partial charge on any atom is 0.260 e. The van der Waals surface area contributed by atoms with Crippen LogP contribution in [0.3, 0.4) is 0 Å². The van der Waals surface area contributed by atoms with Crippen LogP contribution in [0.4, 0.5) is 5.69 Å². The second-order valence-corrected chi connectivity index (χ2v) is 9.06. The number of amides is 1. The molecule has 0 saturated carbocycles. The van der Waals surface area contributed by atoms with E-state index in [4.69, 9.17) is 4.74 Å². The van der Waals surface area contributed by atoms with E-state index < -0.39 is 10.0 Å². The van der Waals surface area contributed by atoms with Crippen molar-refractivity contribution in [2.45, 2.75) is 32.6 Å². The van der Waals surface area contributed by atoms with E-state index in [2.05, 4.69) is 14.9 Å². The molecule has 152 valence electrons. The monoisotopic (exact) mass is 406 g/mol. The van der Waals surface area contributed by atoms with Gasteiger partial charge in [-0.3, -0.25) is 14.6 Å². The average Bonchev–Trinajstić information content (AvgIpc) is 3.08. The minimum absolute atomic E-state index is 0.00911. The molecule has 0 bridgehead atoms. The van der Waals surface area contributed by atoms with Gasteiger partial charge in [-0.05, 0) is 43.9 Å². The molecule has 0 aliphatic carbocycles. The van der Waals surface area contributed by atoms with Crippen molar-refractivity contribution in [1.82, 2.24) is 15.1 Å². The predicted octanol–water partition coefficient (Wildman–Crippen LogP) is 2.18. The van der Waals surface area contributed by atoms with Gasteiger partial charge in [-0.1, -0.05) is 12.1 Å². The lowest BCUT2D eigenvalue weighted by atomic mass is 9.94. The van der Waals surface area contributed by atoms with Crippen LogP contribution in [-0.2, 0) is 14.8 Å². The number of hydrogen-bond acceptors (Lipinski definition) is 5. The topological polar surface area (TPSA) is 104 Å². The number of carbonyl (C=O) groups is 1. The largest absolute Gasteiger partial charge is 0.483 e. The molecule has 2 N–H and O–H groups in total. The van der Waals surface area contributed by atoms with Crippen LogP contribution in [0.2, 0.25) is 0 Å². The van der Waals surface area contributed by atoms with Crippen LogP contribution < -0.4 is 9.46 Å². The Bertz CT molecular complexity index is 955. The second-order valence-electron chi connectivity index (χ2n) is 7.31. The number of aryl methyl sites for hydroxylation is 2. The van der Waals surface area contributed by atoms with Gasteiger partial charge in [-0.2, -0.15) is 5.10 Å². The van der Waals surface area contributed by atoms with Gasteiger partial charge in [0, 0.05) is 19.0 Å². The minimum atomic E-state index is -3.40. The molecule has 1 saturated heterocycles. The van der Waals surface area contributed by atoms with Gasteiger partial charge >= 0.3 is 0 Å². The summed E-state index contributed by atoms with van der Waals surface area (Å²) < 4.78 is 31.3. The minimum Gasteiger partial charge on any atom is -0.483 e. The number of hydrogen-bond donors (Lipinski definition) is 2. The molecule has 1 atom stereocenters. The number of carbonyl (C=O) groups excluding carboxylic acids is 1. The lowest BCUT2D eigenvalue weighted by molar-refractivity contribution is -0.134. The summed E-state index contributed by atoms with van der Waals surface area (Å²) in [5, 5.41) is 6.85. The van der Waals surface area contributed by atoms with Crippen molar-refractivity contribution in [3.63, 3.8) is 0 Å². The van der Waals surface area contributed by atoms with Crippen molar-refractivity contribution in [2.75, 3.05) is 30.7 Å². The third kappa shape index (κ3) is 5.03. The van der Waals surface area contributed by atoms with E-state index in [1.54, 1.807) is 4.90 Å². The molecule has 1 aliphatic heterocycles. The van der Waals surface area contributed by atoms with E-state index in [-0.39, 0.29) is 18.4 Å². The maximum absolute atomic E-state index is 12.7. The predicted molar refractivity (Wildman–Crippen MR) is 107 cm³/mol. The molecule has 28 heavy (non-hydrogen) atoms. The van der Waals surface area contributed by atoms with E-state index in [0.717, 1.165) is 36.0 Å². The fourth-order valence-electron chi connectivity index (χ4n) is 3.42. The second kappa shape index (κ2) is 8.22. The van der Waals surface area contributed by atoms with Crippen LogP contribution in [0.25, 0.3) is 0 Å². The van der Waals surface area contributed by atoms with Gasteiger partial charge < -0.3 is 9.64 Å². The molecule has 1 aliphatic rings. The van der Waals surface area contributed by atoms with E-state index in [1.807, 2.05) is 32.0 Å². The molecule has 2 aromatic rings. The van der Waals surface area contributed by atoms with Crippen LogP contribution in [0.5, 0.6) is 5.75 Å². The normalized spacial score (nSPS) is 17.4. The van der Waals surface area contributed by atoms with Gasteiger partial charge in [0.2, 0.25) is 10.0 Å². The summed E-state index contributed by atoms with van der Waals surface area (Å²) in [7, 11) is -3.40. The van der Waals surface area contributed by atoms with Crippen LogP contribution >= 0.6 is 0 Å². The number of rotatable bonds is 6. The Morgan fingerprint density at radius 2 is 2.18 bits per heavy atom. The summed E-state index contributed by atoms with van der Waals surface area (Å²) in [4.78, 5) is 14.4. The molecule has 1 fully saturated rings. The summed E-state index contributed by atoms with van der Waals surface area (Å²) in [5.74, 6) is 0.628. The van der Waals surface area contributed by atoms with Crippen molar-refractivity contribution in [3.8, 4) is 5.75 Å². The first-order valence-electron chi connectivity index (χ1n) is 9.22. The first kappa shape index (κ1) is 20.2. The molecule has 8 nitrogen and oxygen atoms in total. The third-order valence-corrected chi connectivity index (χ3v) is 5.43. The molecule has 1 amide bonds. The molecule has 0 spiro atoms. The molecule has 2 heterocycles. The van der Waals surface area contributed by atoms with Gasteiger partial charge in [0.1, 0.15) is 5.75 Å². The maximum atomic E-state index is 12.7. The molecule has 0 radical (unpaired) electrons. The highest BCUT2D eigenvalue weighted by atomic mass is 32.2. The fourth-order valence-corrected chi connectivity index (χ4v) is 3.98. The molecular formula is C19H26N4O4S. The number of ether oxygens (including phenoxy) is 1. The molecule has 1 aromatic carbocycles. The van der Waals surface area contributed by atoms with Crippen molar-refractivity contribution in [3.05, 3.63) is 41.2 Å². The zero-order valence-corrected chi connectivity index (χ0v) is 17.2. The molecular weight excluding hydrogens is 380 g/mol. The molecule has 0 unspecified atom stereocenters. The number of piperidine rings is 1. The number of aromatic amines is 1. The van der Waals surface area contributed by atoms with Crippen LogP contribution in [0.1, 0.15) is 35.6 Å². The van der Waals surface area contributed by atoms with Crippen LogP contribution in [0, 0.1) is 13.8 Å². The first-order chi connectivity index (χ1) is 13.2. The van der Waals surface area contributed by atoms with Crippen molar-refractivity contribution in [1.29, 1.82) is 0 Å². The highest BCUT2D eigenvalue weighted by molar-refractivity contribution is 7.92. The number of H-pyrrole nitrogens is 1. The summed E-state index contributed by atoms with van der Waals surface area (Å²) in [6.45, 7) is 5.07. The van der Waals surface area contributed by atoms with Gasteiger partial charge in [0.05, 0.1) is 23.8 Å². The van der Waals surface area contributed by atoms with E-state index in [1.165, 1.54) is 6.20 Å². The number of benzene rings is 1. The Labute approximate surface area is 165 Å². The SMILES string of the molecule is Cc1ccc(C)c(OCC(=O)N2CCC[C@@H](c3[nH]ncc3NS(C)(=O)=O)C2)c1. The highest BCUT2D eigenvalue weighted by Gasteiger charge is 2.28. The molecule has 1 aromatic heterocycles. The number of sulfonamides is 1. The summed E-state index contributed by atoms with van der Waals surface area (Å²) in [6.07, 6.45) is 4.24. The van der Waals surface area contributed by atoms with Gasteiger partial charge in [-0.25, -0.2) is 8.42 Å². The average molecular weight is 407 g/mol. The van der Waals surface area contributed by atoms with Gasteiger partial charge in [-0.15, -0.1) is 0 Å². The zero-order valence-electron chi connectivity index (χ0n) is 16.4. The summed E-state index contributed by atoms with van der Waals surface area (Å²) >= 11 is 0. The molecule has 3 rings (SSSR count). The summed E-state index contributed by atoms with van der Waals surface area (Å²) in [6, 6.07) is 5.90. The zero-order chi connectivity index (χ0) is 20.3. The number of aromatic nitrogens is 2. The van der Waals surface area contributed by atoms with E-state index in [9.17, 15) is 13.2 Å². The Balaban J connectivity index is 1.64. The third-order valence-electron chi connectivity index (χ3n) is 4.84. The standard InChI is InChI=1S/C19H26N4O4S/c1-13-6-7-14(2)17(9-13)27-12-18(24)23-8-4-5-15(11-23)19-16(10-20-21-19)22-28(3,25)26/h6-7,9-10,15,22H,4-5,8,11-12H2,1-3H3,(H,20,21)/t15-/m1/s1. The van der Waals surface area contributed by atoms with Crippen LogP contribution in [-0.4, -0.2) is 55.4 Å². The number of likely N-dealkylation sites (tertiary alicyclic amines) is 1. The number of nitrogens with one attached hydrogen (secondary N) is 2. The lowest BCUT2D eigenvalue weighted by Gasteiger charge is -2.32. The Hall–Kier alpha value is -2.55. The Morgan fingerprint density at radius 3 is 2.93 bits per heavy atom. The van der Waals surface area contributed by atoms with Crippen molar-refractivity contribution < 1.29 is 17.9 Å².